The molecule has 0 spiro atoms. The van der Waals surface area contributed by atoms with Crippen molar-refractivity contribution in [3.05, 3.63) is 72.7 Å². The molecule has 0 unspecified atom stereocenters. The van der Waals surface area contributed by atoms with Crippen LogP contribution < -0.4 is 5.32 Å². The Bertz CT molecular complexity index is 1330. The molecule has 0 saturated heterocycles. The Morgan fingerprint density at radius 2 is 1.87 bits per heavy atom. The van der Waals surface area contributed by atoms with Crippen molar-refractivity contribution in [2.45, 2.75) is 6.92 Å². The van der Waals surface area contributed by atoms with Gasteiger partial charge in [0.2, 0.25) is 5.82 Å². The zero-order valence-electron chi connectivity index (χ0n) is 16.3. The van der Waals surface area contributed by atoms with Crippen LogP contribution in [0.15, 0.2) is 61.2 Å². The maximum absolute atomic E-state index is 12.4. The van der Waals surface area contributed by atoms with Gasteiger partial charge in [0.05, 0.1) is 17.1 Å². The number of hydrogen-bond acceptors (Lipinski definition) is 6. The molecule has 5 rings (SSSR count). The predicted octanol–water partition coefficient (Wildman–Crippen LogP) is 2.27. The fourth-order valence-electron chi connectivity index (χ4n) is 3.18. The van der Waals surface area contributed by atoms with Crippen LogP contribution in [0.2, 0.25) is 0 Å². The quantitative estimate of drug-likeness (QED) is 0.497. The highest BCUT2D eigenvalue weighted by Gasteiger charge is 2.14. The number of carbonyl (C=O) groups is 1. The molecule has 1 aromatic carbocycles. The lowest BCUT2D eigenvalue weighted by Crippen LogP contribution is -2.14. The molecule has 10 heteroatoms. The molecule has 4 aromatic heterocycles. The first-order valence-corrected chi connectivity index (χ1v) is 9.22. The minimum Gasteiger partial charge on any atom is -0.319 e. The van der Waals surface area contributed by atoms with Crippen LogP contribution >= 0.6 is 0 Å². The van der Waals surface area contributed by atoms with E-state index in [4.69, 9.17) is 0 Å². The number of hydrogen-bond donors (Lipinski definition) is 1. The van der Waals surface area contributed by atoms with Crippen LogP contribution in [0.1, 0.15) is 16.3 Å². The minimum atomic E-state index is -0.401. The van der Waals surface area contributed by atoms with Gasteiger partial charge in [0.1, 0.15) is 0 Å². The second-order valence-corrected chi connectivity index (χ2v) is 6.75. The molecule has 0 saturated carbocycles. The van der Waals surface area contributed by atoms with Crippen molar-refractivity contribution in [3.8, 4) is 16.9 Å². The third-order valence-electron chi connectivity index (χ3n) is 4.59. The van der Waals surface area contributed by atoms with Crippen LogP contribution in [0.3, 0.4) is 0 Å². The Labute approximate surface area is 170 Å². The van der Waals surface area contributed by atoms with Crippen molar-refractivity contribution in [3.63, 3.8) is 0 Å². The number of fused-ring (bicyclic) bond motifs is 1. The molecule has 1 amide bonds. The highest BCUT2D eigenvalue weighted by atomic mass is 16.2. The molecule has 0 atom stereocenters. The fraction of sp³-hybridized carbons (Fsp3) is 0.100. The second kappa shape index (κ2) is 6.92. The third-order valence-corrected chi connectivity index (χ3v) is 4.59. The molecule has 0 bridgehead atoms. The first kappa shape index (κ1) is 17.7. The molecule has 148 valence electrons. The molecular formula is C20H17N9O. The van der Waals surface area contributed by atoms with E-state index < -0.39 is 5.91 Å². The molecular weight excluding hydrogens is 382 g/mol. The summed E-state index contributed by atoms with van der Waals surface area (Å²) in [5.74, 6) is 0.0272. The summed E-state index contributed by atoms with van der Waals surface area (Å²) in [6, 6.07) is 11.0. The summed E-state index contributed by atoms with van der Waals surface area (Å²) in [5.41, 5.74) is 4.28. The molecule has 0 radical (unpaired) electrons. The summed E-state index contributed by atoms with van der Waals surface area (Å²) >= 11 is 0. The Hall–Kier alpha value is -4.34. The number of anilines is 1. The van der Waals surface area contributed by atoms with Gasteiger partial charge < -0.3 is 5.32 Å². The van der Waals surface area contributed by atoms with E-state index in [-0.39, 0.29) is 5.82 Å². The van der Waals surface area contributed by atoms with Crippen molar-refractivity contribution < 1.29 is 4.79 Å². The van der Waals surface area contributed by atoms with E-state index in [9.17, 15) is 4.79 Å². The topological polar surface area (TPSA) is 108 Å². The van der Waals surface area contributed by atoms with Crippen molar-refractivity contribution in [2.75, 3.05) is 5.32 Å². The summed E-state index contributed by atoms with van der Waals surface area (Å²) < 4.78 is 5.01. The lowest BCUT2D eigenvalue weighted by molar-refractivity contribution is 0.101. The van der Waals surface area contributed by atoms with Gasteiger partial charge >= 0.3 is 0 Å². The average molecular weight is 399 g/mol. The Morgan fingerprint density at radius 1 is 1.03 bits per heavy atom. The lowest BCUT2D eigenvalue weighted by atomic mass is 10.2. The van der Waals surface area contributed by atoms with Crippen LogP contribution in [0.25, 0.3) is 22.7 Å². The van der Waals surface area contributed by atoms with E-state index in [0.29, 0.717) is 11.5 Å². The molecule has 5 aromatic rings. The summed E-state index contributed by atoms with van der Waals surface area (Å²) in [6.45, 7) is 1.96. The van der Waals surface area contributed by atoms with Crippen molar-refractivity contribution in [1.29, 1.82) is 0 Å². The van der Waals surface area contributed by atoms with Gasteiger partial charge in [0.15, 0.2) is 0 Å². The maximum Gasteiger partial charge on any atom is 0.295 e. The summed E-state index contributed by atoms with van der Waals surface area (Å²) in [4.78, 5) is 20.6. The van der Waals surface area contributed by atoms with E-state index in [2.05, 4.69) is 30.6 Å². The Balaban J connectivity index is 1.33. The number of rotatable bonds is 4. The van der Waals surface area contributed by atoms with Crippen molar-refractivity contribution in [2.24, 2.45) is 7.05 Å². The Morgan fingerprint density at radius 3 is 2.60 bits per heavy atom. The minimum absolute atomic E-state index is 0.0568. The van der Waals surface area contributed by atoms with Gasteiger partial charge in [-0.15, -0.1) is 5.10 Å². The normalized spacial score (nSPS) is 11.1. The summed E-state index contributed by atoms with van der Waals surface area (Å²) in [7, 11) is 1.89. The summed E-state index contributed by atoms with van der Waals surface area (Å²) in [5, 5.41) is 15.9. The third kappa shape index (κ3) is 3.20. The monoisotopic (exact) mass is 399 g/mol. The van der Waals surface area contributed by atoms with Crippen LogP contribution in [0, 0.1) is 6.92 Å². The molecule has 0 fully saturated rings. The average Bonchev–Trinajstić information content (AvgIpc) is 3.46. The Kier molecular flexibility index (Phi) is 4.09. The molecule has 1 N–H and O–H groups in total. The highest BCUT2D eigenvalue weighted by Crippen LogP contribution is 2.22. The van der Waals surface area contributed by atoms with E-state index >= 15 is 0 Å². The zero-order valence-corrected chi connectivity index (χ0v) is 16.3. The van der Waals surface area contributed by atoms with Crippen LogP contribution in [0.5, 0.6) is 0 Å². The summed E-state index contributed by atoms with van der Waals surface area (Å²) in [6.07, 6.45) is 7.12. The predicted molar refractivity (Wildman–Crippen MR) is 109 cm³/mol. The maximum atomic E-state index is 12.4. The van der Waals surface area contributed by atoms with Gasteiger partial charge in [-0.25, -0.2) is 14.2 Å². The van der Waals surface area contributed by atoms with Crippen molar-refractivity contribution in [1.82, 2.24) is 39.1 Å². The number of aromatic nitrogens is 8. The van der Waals surface area contributed by atoms with Gasteiger partial charge in [-0.2, -0.15) is 15.2 Å². The van der Waals surface area contributed by atoms with Gasteiger partial charge in [0.25, 0.3) is 11.7 Å². The number of carbonyl (C=O) groups excluding carboxylic acids is 1. The number of amides is 1. The first-order chi connectivity index (χ1) is 14.6. The van der Waals surface area contributed by atoms with E-state index in [1.165, 1.54) is 4.52 Å². The van der Waals surface area contributed by atoms with Gasteiger partial charge in [-0.3, -0.25) is 9.48 Å². The molecule has 0 aliphatic heterocycles. The second-order valence-electron chi connectivity index (χ2n) is 6.75. The first-order valence-electron chi connectivity index (χ1n) is 9.22. The number of aryl methyl sites for hydroxylation is 2. The largest absolute Gasteiger partial charge is 0.319 e. The molecule has 0 aliphatic rings. The van der Waals surface area contributed by atoms with Crippen LogP contribution in [-0.2, 0) is 7.05 Å². The van der Waals surface area contributed by atoms with E-state index in [1.54, 1.807) is 40.0 Å². The fourth-order valence-corrected chi connectivity index (χ4v) is 3.18. The van der Waals surface area contributed by atoms with E-state index in [1.807, 2.05) is 44.6 Å². The molecule has 0 aliphatic carbocycles. The van der Waals surface area contributed by atoms with Crippen LogP contribution in [0.4, 0.5) is 5.69 Å². The van der Waals surface area contributed by atoms with Gasteiger partial charge in [-0.05, 0) is 43.3 Å². The molecule has 30 heavy (non-hydrogen) atoms. The smallest absolute Gasteiger partial charge is 0.295 e. The number of nitrogens with zero attached hydrogens (tertiary/aromatic N) is 8. The van der Waals surface area contributed by atoms with Gasteiger partial charge in [-0.1, -0.05) is 0 Å². The number of benzene rings is 1. The molecule has 4 heterocycles. The lowest BCUT2D eigenvalue weighted by Gasteiger charge is -2.05. The van der Waals surface area contributed by atoms with Gasteiger partial charge in [0, 0.05) is 43.1 Å². The zero-order chi connectivity index (χ0) is 20.7. The van der Waals surface area contributed by atoms with E-state index in [0.717, 1.165) is 22.6 Å². The molecule has 10 nitrogen and oxygen atoms in total. The van der Waals surface area contributed by atoms with Crippen molar-refractivity contribution >= 4 is 17.4 Å². The van der Waals surface area contributed by atoms with Crippen LogP contribution in [-0.4, -0.2) is 45.1 Å². The number of nitrogens with one attached hydrogen (secondary N) is 1. The SMILES string of the molecule is Cc1nn(C)cc1-c1ccn(-c2ccc(NC(=O)c3nc4ncccn4n3)cc2)n1. The highest BCUT2D eigenvalue weighted by molar-refractivity contribution is 6.01. The standard InChI is InChI=1S/C20H17N9O/c1-13-16(12-27(2)24-13)17-8-11-28(25-17)15-6-4-14(5-7-15)22-19(30)18-23-20-21-9-3-10-29(20)26-18/h3-12H,1-2H3,(H,22,30).